The van der Waals surface area contributed by atoms with Crippen molar-refractivity contribution in [2.45, 2.75) is 36.8 Å². The summed E-state index contributed by atoms with van der Waals surface area (Å²) in [6.45, 7) is 2.54. The number of ether oxygens (including phenoxy) is 2. The summed E-state index contributed by atoms with van der Waals surface area (Å²) in [5, 5.41) is 0.525. The largest absolute Gasteiger partial charge is 0.461 e. The summed E-state index contributed by atoms with van der Waals surface area (Å²) >= 11 is 1.93. The fourth-order valence-corrected chi connectivity index (χ4v) is 4.99. The lowest BCUT2D eigenvalue weighted by molar-refractivity contribution is -0.151. The van der Waals surface area contributed by atoms with Gasteiger partial charge in [0.1, 0.15) is 14.5 Å². The fourth-order valence-electron chi connectivity index (χ4n) is 3.22. The van der Waals surface area contributed by atoms with E-state index >= 15 is 0 Å². The monoisotopic (exact) mass is 290 g/mol. The molecule has 3 nitrogen and oxygen atoms in total. The van der Waals surface area contributed by atoms with Crippen molar-refractivity contribution in [1.82, 2.24) is 0 Å². The molecule has 2 heterocycles. The molecule has 0 amide bonds. The number of hydrogen-bond donors (Lipinski definition) is 0. The average Bonchev–Trinajstić information content (AvgIpc) is 2.86. The van der Waals surface area contributed by atoms with E-state index in [1.54, 1.807) is 0 Å². The van der Waals surface area contributed by atoms with Crippen LogP contribution in [0.15, 0.2) is 30.3 Å². The van der Waals surface area contributed by atoms with Crippen molar-refractivity contribution in [2.75, 3.05) is 5.75 Å². The van der Waals surface area contributed by atoms with Gasteiger partial charge in [-0.25, -0.2) is 0 Å². The maximum atomic E-state index is 12.1. The summed E-state index contributed by atoms with van der Waals surface area (Å²) in [6, 6.07) is 10.0. The summed E-state index contributed by atoms with van der Waals surface area (Å²) in [7, 11) is 2.10. The predicted octanol–water partition coefficient (Wildman–Crippen LogP) is 1.60. The van der Waals surface area contributed by atoms with E-state index in [9.17, 15) is 4.79 Å². The van der Waals surface area contributed by atoms with Crippen molar-refractivity contribution in [1.29, 1.82) is 0 Å². The molecule has 20 heavy (non-hydrogen) atoms. The van der Waals surface area contributed by atoms with Gasteiger partial charge in [-0.05, 0) is 5.56 Å². The summed E-state index contributed by atoms with van der Waals surface area (Å²) in [5.74, 6) is 1.17. The number of benzene rings is 1. The van der Waals surface area contributed by atoms with Crippen molar-refractivity contribution >= 4 is 25.6 Å². The van der Waals surface area contributed by atoms with E-state index in [1.807, 2.05) is 42.1 Å². The van der Waals surface area contributed by atoms with Crippen LogP contribution in [0.3, 0.4) is 0 Å². The van der Waals surface area contributed by atoms with Gasteiger partial charge in [-0.15, -0.1) is 0 Å². The first-order chi connectivity index (χ1) is 9.61. The van der Waals surface area contributed by atoms with Crippen LogP contribution in [0.2, 0.25) is 0 Å². The van der Waals surface area contributed by atoms with E-state index in [0.717, 1.165) is 11.3 Å². The predicted molar refractivity (Wildman–Crippen MR) is 82.4 cm³/mol. The minimum atomic E-state index is -0.303. The van der Waals surface area contributed by atoms with E-state index in [1.165, 1.54) is 0 Å². The van der Waals surface area contributed by atoms with Gasteiger partial charge < -0.3 is 9.47 Å². The lowest BCUT2D eigenvalue weighted by atomic mass is 9.84. The molecule has 0 aliphatic carbocycles. The fraction of sp³-hybridized carbons (Fsp3) is 0.533. The van der Waals surface area contributed by atoms with E-state index < -0.39 is 0 Å². The van der Waals surface area contributed by atoms with E-state index in [-0.39, 0.29) is 17.6 Å². The SMILES string of the molecule is B[C@@H]1O[C@]2(CC(=O)OCc3ccccc3)CS[C@@H]1C2C. The molecule has 1 unspecified atom stereocenters. The van der Waals surface area contributed by atoms with Crippen molar-refractivity contribution in [2.24, 2.45) is 5.92 Å². The molecule has 2 fully saturated rings. The van der Waals surface area contributed by atoms with Crippen LogP contribution in [0, 0.1) is 5.92 Å². The number of hydrogen-bond acceptors (Lipinski definition) is 4. The van der Waals surface area contributed by atoms with Crippen LogP contribution in [0.25, 0.3) is 0 Å². The maximum absolute atomic E-state index is 12.1. The molecule has 106 valence electrons. The van der Waals surface area contributed by atoms with Crippen LogP contribution in [0.5, 0.6) is 0 Å². The van der Waals surface area contributed by atoms with Gasteiger partial charge in [0.15, 0.2) is 0 Å². The van der Waals surface area contributed by atoms with Crippen LogP contribution in [0.4, 0.5) is 0 Å². The lowest BCUT2D eigenvalue weighted by Gasteiger charge is -2.29. The minimum Gasteiger partial charge on any atom is -0.461 e. The molecule has 0 saturated carbocycles. The normalized spacial score (nSPS) is 35.1. The first kappa shape index (κ1) is 14.0. The number of carbonyl (C=O) groups excluding carboxylic acids is 1. The Balaban J connectivity index is 1.57. The third-order valence-corrected chi connectivity index (χ3v) is 6.24. The summed E-state index contributed by atoms with van der Waals surface area (Å²) in [6.07, 6.45) is 0.370. The first-order valence-corrected chi connectivity index (χ1v) is 8.14. The van der Waals surface area contributed by atoms with Gasteiger partial charge >= 0.3 is 5.97 Å². The Morgan fingerprint density at radius 2 is 2.25 bits per heavy atom. The minimum absolute atomic E-state index is 0.156. The van der Waals surface area contributed by atoms with Crippen LogP contribution < -0.4 is 0 Å². The highest BCUT2D eigenvalue weighted by atomic mass is 32.2. The Hall–Kier alpha value is -0.935. The number of esters is 1. The quantitative estimate of drug-likeness (QED) is 0.623. The summed E-state index contributed by atoms with van der Waals surface area (Å²) < 4.78 is 11.5. The average molecular weight is 290 g/mol. The van der Waals surface area contributed by atoms with Gasteiger partial charge in [0, 0.05) is 22.9 Å². The molecule has 2 aliphatic heterocycles. The molecular formula is C15H19BO3S. The zero-order valence-electron chi connectivity index (χ0n) is 11.9. The molecule has 1 aromatic carbocycles. The molecule has 2 bridgehead atoms. The number of thioether (sulfide) groups is 1. The van der Waals surface area contributed by atoms with Gasteiger partial charge in [-0.2, -0.15) is 11.8 Å². The smallest absolute Gasteiger partial charge is 0.309 e. The first-order valence-electron chi connectivity index (χ1n) is 7.10. The summed E-state index contributed by atoms with van der Waals surface area (Å²) in [4.78, 5) is 12.1. The third-order valence-electron chi connectivity index (χ3n) is 4.41. The molecule has 0 radical (unpaired) electrons. The summed E-state index contributed by atoms with van der Waals surface area (Å²) in [5.41, 5.74) is 0.716. The Morgan fingerprint density at radius 1 is 1.50 bits per heavy atom. The van der Waals surface area contributed by atoms with Crippen LogP contribution in [0.1, 0.15) is 18.9 Å². The van der Waals surface area contributed by atoms with E-state index in [2.05, 4.69) is 14.8 Å². The molecule has 5 heteroatoms. The van der Waals surface area contributed by atoms with E-state index in [0.29, 0.717) is 24.2 Å². The Labute approximate surface area is 124 Å². The van der Waals surface area contributed by atoms with E-state index in [4.69, 9.17) is 9.47 Å². The molecule has 2 aliphatic rings. The molecular weight excluding hydrogens is 271 g/mol. The molecule has 3 rings (SSSR count). The van der Waals surface area contributed by atoms with Gasteiger partial charge in [0.25, 0.3) is 0 Å². The van der Waals surface area contributed by atoms with Crippen molar-refractivity contribution < 1.29 is 14.3 Å². The van der Waals surface area contributed by atoms with Crippen LogP contribution in [-0.2, 0) is 20.9 Å². The Kier molecular flexibility index (Phi) is 3.82. The highest BCUT2D eigenvalue weighted by molar-refractivity contribution is 8.00. The highest BCUT2D eigenvalue weighted by Crippen LogP contribution is 2.52. The Morgan fingerprint density at radius 3 is 2.85 bits per heavy atom. The van der Waals surface area contributed by atoms with Crippen LogP contribution in [-0.4, -0.2) is 36.4 Å². The third kappa shape index (κ3) is 2.49. The second-order valence-corrected chi connectivity index (χ2v) is 6.94. The van der Waals surface area contributed by atoms with Crippen molar-refractivity contribution in [3.05, 3.63) is 35.9 Å². The molecule has 1 aromatic rings. The van der Waals surface area contributed by atoms with Crippen molar-refractivity contribution in [3.8, 4) is 0 Å². The standard InChI is InChI=1S/C15H19BO3S/c1-10-13-14(16)19-15(10,9-20-13)7-12(17)18-8-11-5-3-2-4-6-11/h2-6,10,13-14H,7-9,16H2,1H3/t10?,13-,14-,15-/m1/s1. The van der Waals surface area contributed by atoms with Gasteiger partial charge in [0.2, 0.25) is 0 Å². The van der Waals surface area contributed by atoms with Gasteiger partial charge in [-0.1, -0.05) is 37.3 Å². The Bertz CT molecular complexity index is 495. The number of fused-ring (bicyclic) bond motifs is 2. The topological polar surface area (TPSA) is 35.5 Å². The molecule has 2 saturated heterocycles. The van der Waals surface area contributed by atoms with Crippen LogP contribution >= 0.6 is 11.8 Å². The second-order valence-electron chi connectivity index (χ2n) is 5.78. The zero-order valence-corrected chi connectivity index (χ0v) is 12.7. The molecule has 4 atom stereocenters. The second kappa shape index (κ2) is 5.45. The highest BCUT2D eigenvalue weighted by Gasteiger charge is 2.57. The van der Waals surface area contributed by atoms with Gasteiger partial charge in [0.05, 0.1) is 12.0 Å². The molecule has 0 spiro atoms. The lowest BCUT2D eigenvalue weighted by Crippen LogP contribution is -2.39. The van der Waals surface area contributed by atoms with Gasteiger partial charge in [-0.3, -0.25) is 4.79 Å². The number of rotatable bonds is 4. The van der Waals surface area contributed by atoms with Crippen molar-refractivity contribution in [3.63, 3.8) is 0 Å². The molecule has 0 aromatic heterocycles. The zero-order chi connectivity index (χ0) is 14.2. The molecule has 0 N–H and O–H groups in total. The maximum Gasteiger partial charge on any atom is 0.309 e. The number of carbonyl (C=O) groups is 1.